The molecule has 0 fully saturated rings. The third-order valence-electron chi connectivity index (χ3n) is 3.28. The summed E-state index contributed by atoms with van der Waals surface area (Å²) in [7, 11) is 1.88. The molecule has 2 unspecified atom stereocenters. The van der Waals surface area contributed by atoms with Gasteiger partial charge in [0.2, 0.25) is 5.91 Å². The van der Waals surface area contributed by atoms with Crippen molar-refractivity contribution >= 4 is 17.3 Å². The Balaban J connectivity index is 2.75. The summed E-state index contributed by atoms with van der Waals surface area (Å²) in [5.74, 6) is 0.0232. The maximum Gasteiger partial charge on any atom is 0.242 e. The molecule has 0 aromatic heterocycles. The van der Waals surface area contributed by atoms with Gasteiger partial charge >= 0.3 is 0 Å². The second kappa shape index (κ2) is 6.28. The Morgan fingerprint density at radius 3 is 2.56 bits per heavy atom. The molecule has 0 saturated heterocycles. The normalized spacial score (nSPS) is 13.8. The molecule has 1 aromatic carbocycles. The Bertz CT molecular complexity index is 406. The van der Waals surface area contributed by atoms with E-state index in [1.807, 2.05) is 50.1 Å². The molecule has 1 amide bonds. The summed E-state index contributed by atoms with van der Waals surface area (Å²) >= 11 is 0. The van der Waals surface area contributed by atoms with E-state index in [2.05, 4.69) is 12.2 Å². The number of nitrogens with zero attached hydrogens (tertiary/aromatic N) is 1. The number of rotatable bonds is 5. The van der Waals surface area contributed by atoms with E-state index in [0.29, 0.717) is 5.69 Å². The van der Waals surface area contributed by atoms with Crippen LogP contribution in [0.5, 0.6) is 0 Å². The topological polar surface area (TPSA) is 58.4 Å². The highest BCUT2D eigenvalue weighted by Crippen LogP contribution is 2.22. The maximum absolute atomic E-state index is 12.0. The van der Waals surface area contributed by atoms with Gasteiger partial charge in [-0.15, -0.1) is 0 Å². The zero-order valence-corrected chi connectivity index (χ0v) is 11.6. The fourth-order valence-corrected chi connectivity index (χ4v) is 1.66. The Labute approximate surface area is 109 Å². The molecular weight excluding hydrogens is 226 g/mol. The average Bonchev–Trinajstić information content (AvgIpc) is 2.37. The van der Waals surface area contributed by atoms with Crippen LogP contribution >= 0.6 is 0 Å². The second-order valence-corrected chi connectivity index (χ2v) is 4.66. The van der Waals surface area contributed by atoms with Crippen molar-refractivity contribution in [3.63, 3.8) is 0 Å². The van der Waals surface area contributed by atoms with E-state index in [1.54, 1.807) is 0 Å². The van der Waals surface area contributed by atoms with Crippen molar-refractivity contribution in [3.8, 4) is 0 Å². The molecule has 1 rings (SSSR count). The van der Waals surface area contributed by atoms with Crippen molar-refractivity contribution in [2.45, 2.75) is 39.3 Å². The summed E-state index contributed by atoms with van der Waals surface area (Å²) in [6.07, 6.45) is 0.926. The lowest BCUT2D eigenvalue weighted by Gasteiger charge is -2.28. The predicted molar refractivity (Wildman–Crippen MR) is 76.6 cm³/mol. The zero-order valence-electron chi connectivity index (χ0n) is 11.6. The number of nitrogens with two attached hydrogens (primary N) is 1. The number of anilines is 2. The average molecular weight is 249 g/mol. The van der Waals surface area contributed by atoms with E-state index in [0.717, 1.165) is 12.1 Å². The molecule has 4 nitrogen and oxygen atoms in total. The smallest absolute Gasteiger partial charge is 0.242 e. The van der Waals surface area contributed by atoms with Crippen molar-refractivity contribution in [2.75, 3.05) is 17.7 Å². The maximum atomic E-state index is 12.0. The Morgan fingerprint density at radius 2 is 2.00 bits per heavy atom. The molecule has 3 N–H and O–H groups in total. The lowest BCUT2D eigenvalue weighted by atomic mass is 10.2. The summed E-state index contributed by atoms with van der Waals surface area (Å²) in [5.41, 5.74) is 7.48. The number of nitrogens with one attached hydrogen (secondary N) is 1. The van der Waals surface area contributed by atoms with Gasteiger partial charge in [-0.25, -0.2) is 0 Å². The Kier molecular flexibility index (Phi) is 5.01. The van der Waals surface area contributed by atoms with Gasteiger partial charge in [-0.05, 0) is 32.4 Å². The molecule has 0 aliphatic heterocycles. The molecule has 2 atom stereocenters. The van der Waals surface area contributed by atoms with E-state index < -0.39 is 0 Å². The van der Waals surface area contributed by atoms with Gasteiger partial charge in [-0.3, -0.25) is 4.79 Å². The van der Waals surface area contributed by atoms with E-state index in [9.17, 15) is 4.79 Å². The van der Waals surface area contributed by atoms with Crippen LogP contribution in [-0.4, -0.2) is 25.0 Å². The zero-order chi connectivity index (χ0) is 13.7. The molecule has 4 heteroatoms. The van der Waals surface area contributed by atoms with Crippen LogP contribution in [0, 0.1) is 0 Å². The highest BCUT2D eigenvalue weighted by Gasteiger charge is 2.20. The summed E-state index contributed by atoms with van der Waals surface area (Å²) in [6, 6.07) is 7.51. The highest BCUT2D eigenvalue weighted by atomic mass is 16.2. The van der Waals surface area contributed by atoms with Crippen molar-refractivity contribution in [1.82, 2.24) is 5.32 Å². The SMILES string of the molecule is CCC(C)NC(=O)C(C)N(C)c1ccccc1N. The Hall–Kier alpha value is -1.71. The monoisotopic (exact) mass is 249 g/mol. The van der Waals surface area contributed by atoms with Crippen molar-refractivity contribution in [1.29, 1.82) is 0 Å². The first-order valence-electron chi connectivity index (χ1n) is 6.35. The van der Waals surface area contributed by atoms with Gasteiger partial charge in [0.1, 0.15) is 6.04 Å². The Morgan fingerprint density at radius 1 is 1.39 bits per heavy atom. The first-order chi connectivity index (χ1) is 8.47. The number of para-hydroxylation sites is 2. The molecule has 0 spiro atoms. The fourth-order valence-electron chi connectivity index (χ4n) is 1.66. The van der Waals surface area contributed by atoms with Crippen LogP contribution in [0.1, 0.15) is 27.2 Å². The first kappa shape index (κ1) is 14.4. The number of carbonyl (C=O) groups excluding carboxylic acids is 1. The molecule has 0 bridgehead atoms. The third kappa shape index (κ3) is 3.39. The summed E-state index contributed by atoms with van der Waals surface area (Å²) in [6.45, 7) is 5.93. The van der Waals surface area contributed by atoms with E-state index in [1.165, 1.54) is 0 Å². The summed E-state index contributed by atoms with van der Waals surface area (Å²) < 4.78 is 0. The molecule has 0 heterocycles. The molecule has 0 aliphatic rings. The minimum atomic E-state index is -0.247. The molecule has 1 aromatic rings. The van der Waals surface area contributed by atoms with Crippen LogP contribution in [0.25, 0.3) is 0 Å². The van der Waals surface area contributed by atoms with Gasteiger partial charge < -0.3 is 16.0 Å². The van der Waals surface area contributed by atoms with Crippen molar-refractivity contribution in [2.24, 2.45) is 0 Å². The molecule has 0 saturated carbocycles. The van der Waals surface area contributed by atoms with Gasteiger partial charge in [0, 0.05) is 13.1 Å². The third-order valence-corrected chi connectivity index (χ3v) is 3.28. The summed E-state index contributed by atoms with van der Waals surface area (Å²) in [4.78, 5) is 13.9. The van der Waals surface area contributed by atoms with Crippen LogP contribution in [-0.2, 0) is 4.79 Å². The van der Waals surface area contributed by atoms with Gasteiger partial charge in [-0.2, -0.15) is 0 Å². The number of benzene rings is 1. The van der Waals surface area contributed by atoms with Crippen LogP contribution in [0.3, 0.4) is 0 Å². The highest BCUT2D eigenvalue weighted by molar-refractivity contribution is 5.86. The number of nitrogen functional groups attached to an aromatic ring is 1. The summed E-state index contributed by atoms with van der Waals surface area (Å²) in [5, 5.41) is 2.98. The first-order valence-corrected chi connectivity index (χ1v) is 6.35. The van der Waals surface area contributed by atoms with Gasteiger partial charge in [0.15, 0.2) is 0 Å². The van der Waals surface area contributed by atoms with Crippen molar-refractivity contribution < 1.29 is 4.79 Å². The van der Waals surface area contributed by atoms with E-state index >= 15 is 0 Å². The number of hydrogen-bond donors (Lipinski definition) is 2. The number of hydrogen-bond acceptors (Lipinski definition) is 3. The van der Waals surface area contributed by atoms with Gasteiger partial charge in [0.05, 0.1) is 11.4 Å². The van der Waals surface area contributed by atoms with Crippen LogP contribution < -0.4 is 16.0 Å². The minimum Gasteiger partial charge on any atom is -0.397 e. The molecule has 100 valence electrons. The largest absolute Gasteiger partial charge is 0.397 e. The lowest BCUT2D eigenvalue weighted by molar-refractivity contribution is -0.122. The quantitative estimate of drug-likeness (QED) is 0.785. The number of likely N-dealkylation sites (N-methyl/N-ethyl adjacent to an activating group) is 1. The van der Waals surface area contributed by atoms with Crippen LogP contribution in [0.4, 0.5) is 11.4 Å². The predicted octanol–water partition coefficient (Wildman–Crippen LogP) is 2.01. The van der Waals surface area contributed by atoms with Crippen LogP contribution in [0.15, 0.2) is 24.3 Å². The number of carbonyl (C=O) groups is 1. The van der Waals surface area contributed by atoms with E-state index in [4.69, 9.17) is 5.73 Å². The van der Waals surface area contributed by atoms with Gasteiger partial charge in [0.25, 0.3) is 0 Å². The van der Waals surface area contributed by atoms with E-state index in [-0.39, 0.29) is 18.0 Å². The molecule has 18 heavy (non-hydrogen) atoms. The number of amides is 1. The minimum absolute atomic E-state index is 0.0232. The standard InChI is InChI=1S/C14H23N3O/c1-5-10(2)16-14(18)11(3)17(4)13-9-7-6-8-12(13)15/h6-11H,5,15H2,1-4H3,(H,16,18). The lowest BCUT2D eigenvalue weighted by Crippen LogP contribution is -2.46. The molecule has 0 radical (unpaired) electrons. The fraction of sp³-hybridized carbons (Fsp3) is 0.500. The van der Waals surface area contributed by atoms with Crippen LogP contribution in [0.2, 0.25) is 0 Å². The second-order valence-electron chi connectivity index (χ2n) is 4.66. The van der Waals surface area contributed by atoms with Gasteiger partial charge in [-0.1, -0.05) is 19.1 Å². The van der Waals surface area contributed by atoms with Crippen molar-refractivity contribution in [3.05, 3.63) is 24.3 Å². The molecular formula is C14H23N3O. The molecule has 0 aliphatic carbocycles.